The standard InChI is InChI=1S/C25H34O8/c1-13-21-17(8-10-25(21,32)18(27)12-33-20(30)6-5-19(28)29)16-4-3-14-11-15(26)7-9-24(14,2)22(16)23(13)31/h11,13,16-17,21-23,31-32H,3-10,12H2,1-2H3,(H,28,29)/t13?,16?,17?,21?,22?,23-,24?,25-/m0/s1. The summed E-state index contributed by atoms with van der Waals surface area (Å²) in [6.07, 6.45) is 4.07. The first-order chi connectivity index (χ1) is 15.5. The molecule has 0 radical (unpaired) electrons. The Morgan fingerprint density at radius 1 is 1.09 bits per heavy atom. The van der Waals surface area contributed by atoms with Gasteiger partial charge in [0.1, 0.15) is 5.60 Å². The van der Waals surface area contributed by atoms with Crippen molar-refractivity contribution in [2.75, 3.05) is 6.61 Å². The van der Waals surface area contributed by atoms with Crippen molar-refractivity contribution in [3.63, 3.8) is 0 Å². The minimum Gasteiger partial charge on any atom is -0.481 e. The van der Waals surface area contributed by atoms with Gasteiger partial charge in [0.05, 0.1) is 18.9 Å². The third-order valence-electron chi connectivity index (χ3n) is 9.19. The van der Waals surface area contributed by atoms with Gasteiger partial charge in [-0.15, -0.1) is 0 Å². The first kappa shape index (κ1) is 24.1. The van der Waals surface area contributed by atoms with E-state index in [-0.39, 0.29) is 54.1 Å². The number of aliphatic hydroxyl groups excluding tert-OH is 1. The van der Waals surface area contributed by atoms with Gasteiger partial charge in [0, 0.05) is 12.3 Å². The lowest BCUT2D eigenvalue weighted by Gasteiger charge is -2.59. The van der Waals surface area contributed by atoms with Crippen LogP contribution < -0.4 is 0 Å². The van der Waals surface area contributed by atoms with Crippen molar-refractivity contribution in [1.29, 1.82) is 0 Å². The van der Waals surface area contributed by atoms with Gasteiger partial charge in [0.25, 0.3) is 0 Å². The average molecular weight is 463 g/mol. The molecule has 6 unspecified atom stereocenters. The van der Waals surface area contributed by atoms with Crippen molar-refractivity contribution < 1.29 is 39.2 Å². The summed E-state index contributed by atoms with van der Waals surface area (Å²) in [6, 6.07) is 0. The number of esters is 1. The Bertz CT molecular complexity index is 893. The van der Waals surface area contributed by atoms with Gasteiger partial charge in [-0.1, -0.05) is 19.4 Å². The van der Waals surface area contributed by atoms with Gasteiger partial charge in [-0.3, -0.25) is 19.2 Å². The molecule has 8 atom stereocenters. The molecule has 3 N–H and O–H groups in total. The Morgan fingerprint density at radius 3 is 2.48 bits per heavy atom. The van der Waals surface area contributed by atoms with Crippen molar-refractivity contribution in [1.82, 2.24) is 0 Å². The van der Waals surface area contributed by atoms with E-state index in [0.717, 1.165) is 24.8 Å². The number of carbonyl (C=O) groups excluding carboxylic acids is 3. The number of aliphatic carboxylic acids is 1. The molecule has 4 rings (SSSR count). The molecule has 0 aromatic rings. The smallest absolute Gasteiger partial charge is 0.306 e. The lowest BCUT2D eigenvalue weighted by molar-refractivity contribution is -0.175. The molecule has 0 aromatic carbocycles. The second-order valence-electron chi connectivity index (χ2n) is 10.8. The highest BCUT2D eigenvalue weighted by Crippen LogP contribution is 2.64. The van der Waals surface area contributed by atoms with Crippen LogP contribution in [0.1, 0.15) is 65.2 Å². The summed E-state index contributed by atoms with van der Waals surface area (Å²) in [4.78, 5) is 47.4. The lowest BCUT2D eigenvalue weighted by Crippen LogP contribution is -2.60. The number of rotatable bonds is 6. The summed E-state index contributed by atoms with van der Waals surface area (Å²) < 4.78 is 4.96. The summed E-state index contributed by atoms with van der Waals surface area (Å²) in [6.45, 7) is 3.44. The van der Waals surface area contributed by atoms with Crippen molar-refractivity contribution in [2.24, 2.45) is 35.0 Å². The lowest BCUT2D eigenvalue weighted by atomic mass is 9.46. The zero-order valence-corrected chi connectivity index (χ0v) is 19.3. The van der Waals surface area contributed by atoms with E-state index in [1.165, 1.54) is 0 Å². The van der Waals surface area contributed by atoms with Crippen LogP contribution in [0.3, 0.4) is 0 Å². The van der Waals surface area contributed by atoms with E-state index >= 15 is 0 Å². The number of aliphatic hydroxyl groups is 2. The van der Waals surface area contributed by atoms with Gasteiger partial charge in [0.2, 0.25) is 5.78 Å². The van der Waals surface area contributed by atoms with E-state index in [4.69, 9.17) is 9.84 Å². The summed E-state index contributed by atoms with van der Waals surface area (Å²) in [7, 11) is 0. The fourth-order valence-electron chi connectivity index (χ4n) is 7.61. The fraction of sp³-hybridized carbons (Fsp3) is 0.760. The Labute approximate surface area is 193 Å². The monoisotopic (exact) mass is 462 g/mol. The van der Waals surface area contributed by atoms with E-state index in [1.54, 1.807) is 6.08 Å². The number of hydrogen-bond acceptors (Lipinski definition) is 7. The molecule has 0 amide bonds. The molecule has 0 saturated heterocycles. The van der Waals surface area contributed by atoms with Crippen molar-refractivity contribution >= 4 is 23.5 Å². The second kappa shape index (κ2) is 8.62. The zero-order chi connectivity index (χ0) is 24.1. The van der Waals surface area contributed by atoms with E-state index in [2.05, 4.69) is 6.92 Å². The van der Waals surface area contributed by atoms with Crippen molar-refractivity contribution in [2.45, 2.75) is 76.9 Å². The first-order valence-corrected chi connectivity index (χ1v) is 12.0. The van der Waals surface area contributed by atoms with Gasteiger partial charge in [-0.05, 0) is 67.3 Å². The van der Waals surface area contributed by atoms with Gasteiger partial charge >= 0.3 is 11.9 Å². The minimum absolute atomic E-state index is 0.0202. The van der Waals surface area contributed by atoms with Crippen LogP contribution in [0.2, 0.25) is 0 Å². The fourth-order valence-corrected chi connectivity index (χ4v) is 7.61. The number of fused-ring (bicyclic) bond motifs is 5. The molecule has 4 aliphatic carbocycles. The van der Waals surface area contributed by atoms with E-state index < -0.39 is 42.0 Å². The van der Waals surface area contributed by atoms with Crippen LogP contribution in [-0.2, 0) is 23.9 Å². The van der Waals surface area contributed by atoms with Crippen LogP contribution in [0.25, 0.3) is 0 Å². The van der Waals surface area contributed by atoms with Crippen molar-refractivity contribution in [3.05, 3.63) is 11.6 Å². The SMILES string of the molecule is CC1C2C(CC[C@]2(O)C(=O)COC(=O)CCC(=O)O)C2CCC3=CC(=O)CCC3(C)C2[C@H]1O. The highest BCUT2D eigenvalue weighted by molar-refractivity contribution is 5.92. The third kappa shape index (κ3) is 3.95. The van der Waals surface area contributed by atoms with Crippen LogP contribution >= 0.6 is 0 Å². The Morgan fingerprint density at radius 2 is 1.79 bits per heavy atom. The maximum absolute atomic E-state index is 13.0. The molecular weight excluding hydrogens is 428 g/mol. The molecule has 33 heavy (non-hydrogen) atoms. The second-order valence-corrected chi connectivity index (χ2v) is 10.8. The first-order valence-electron chi connectivity index (χ1n) is 12.0. The Hall–Kier alpha value is -2.06. The number of carboxylic acids is 1. The molecule has 3 saturated carbocycles. The summed E-state index contributed by atoms with van der Waals surface area (Å²) in [5, 5.41) is 31.6. The Balaban J connectivity index is 1.52. The van der Waals surface area contributed by atoms with Gasteiger partial charge in [-0.25, -0.2) is 0 Å². The largest absolute Gasteiger partial charge is 0.481 e. The highest BCUT2D eigenvalue weighted by atomic mass is 16.5. The maximum Gasteiger partial charge on any atom is 0.306 e. The third-order valence-corrected chi connectivity index (χ3v) is 9.19. The number of ether oxygens (including phenoxy) is 1. The normalized spacial score (nSPS) is 41.9. The van der Waals surface area contributed by atoms with Gasteiger partial charge in [-0.2, -0.15) is 0 Å². The van der Waals surface area contributed by atoms with Crippen LogP contribution in [0, 0.1) is 35.0 Å². The number of Topliss-reactive ketones (excluding diaryl/α,β-unsaturated/α-hetero) is 1. The predicted molar refractivity (Wildman–Crippen MR) is 116 cm³/mol. The molecule has 182 valence electrons. The number of carboxylic acid groups (broad SMARTS) is 1. The quantitative estimate of drug-likeness (QED) is 0.510. The zero-order valence-electron chi connectivity index (χ0n) is 19.3. The van der Waals surface area contributed by atoms with Gasteiger partial charge < -0.3 is 20.1 Å². The van der Waals surface area contributed by atoms with E-state index in [0.29, 0.717) is 12.8 Å². The maximum atomic E-state index is 13.0. The number of carbonyl (C=O) groups is 4. The molecule has 0 aromatic heterocycles. The average Bonchev–Trinajstić information content (AvgIpc) is 3.13. The molecule has 8 heteroatoms. The predicted octanol–water partition coefficient (Wildman–Crippen LogP) is 2.05. The summed E-state index contributed by atoms with van der Waals surface area (Å²) >= 11 is 0. The summed E-state index contributed by atoms with van der Waals surface area (Å²) in [5.74, 6) is -2.91. The van der Waals surface area contributed by atoms with Gasteiger partial charge in [0.15, 0.2) is 12.4 Å². The van der Waals surface area contributed by atoms with E-state index in [9.17, 15) is 29.4 Å². The molecule has 0 heterocycles. The highest BCUT2D eigenvalue weighted by Gasteiger charge is 2.65. The molecule has 0 bridgehead atoms. The number of allylic oxidation sites excluding steroid dienone is 1. The Kier molecular flexibility index (Phi) is 6.29. The number of hydrogen-bond donors (Lipinski definition) is 3. The van der Waals surface area contributed by atoms with Crippen molar-refractivity contribution in [3.8, 4) is 0 Å². The van der Waals surface area contributed by atoms with Crippen LogP contribution in [-0.4, -0.2) is 57.1 Å². The topological polar surface area (TPSA) is 138 Å². The molecular formula is C25H34O8. The van der Waals surface area contributed by atoms with Crippen LogP contribution in [0.15, 0.2) is 11.6 Å². The number of ketones is 2. The molecule has 4 aliphatic rings. The minimum atomic E-state index is -1.68. The molecule has 0 aliphatic heterocycles. The molecule has 3 fully saturated rings. The van der Waals surface area contributed by atoms with E-state index in [1.807, 2.05) is 6.92 Å². The molecule has 8 nitrogen and oxygen atoms in total. The summed E-state index contributed by atoms with van der Waals surface area (Å²) in [5.41, 5.74) is -0.801. The van der Waals surface area contributed by atoms with Crippen LogP contribution in [0.5, 0.6) is 0 Å². The van der Waals surface area contributed by atoms with Crippen LogP contribution in [0.4, 0.5) is 0 Å². The molecule has 0 spiro atoms.